The lowest BCUT2D eigenvalue weighted by Gasteiger charge is -1.99. The SMILES string of the molecule is C=C.CNc1ccccc1Cl. The van der Waals surface area contributed by atoms with Crippen LogP contribution in [-0.4, -0.2) is 7.05 Å². The summed E-state index contributed by atoms with van der Waals surface area (Å²) < 4.78 is 0. The Balaban J connectivity index is 0.000000461. The summed E-state index contributed by atoms with van der Waals surface area (Å²) in [6.45, 7) is 6.00. The molecule has 1 aromatic rings. The van der Waals surface area contributed by atoms with Gasteiger partial charge in [-0.1, -0.05) is 23.7 Å². The second-order valence-electron chi connectivity index (χ2n) is 1.73. The van der Waals surface area contributed by atoms with E-state index in [2.05, 4.69) is 18.5 Å². The fourth-order valence-corrected chi connectivity index (χ4v) is 0.894. The van der Waals surface area contributed by atoms with Crippen LogP contribution in [0.4, 0.5) is 5.69 Å². The van der Waals surface area contributed by atoms with E-state index >= 15 is 0 Å². The molecule has 0 saturated heterocycles. The van der Waals surface area contributed by atoms with Crippen LogP contribution in [0.25, 0.3) is 0 Å². The van der Waals surface area contributed by atoms with Crippen LogP contribution in [0, 0.1) is 0 Å². The van der Waals surface area contributed by atoms with Gasteiger partial charge in [0.1, 0.15) is 0 Å². The molecule has 0 unspecified atom stereocenters. The average molecular weight is 170 g/mol. The highest BCUT2D eigenvalue weighted by Gasteiger charge is 1.91. The molecule has 0 aliphatic rings. The second kappa shape index (κ2) is 5.81. The Morgan fingerprint density at radius 2 is 1.82 bits per heavy atom. The van der Waals surface area contributed by atoms with E-state index in [-0.39, 0.29) is 0 Å². The van der Waals surface area contributed by atoms with Crippen LogP contribution >= 0.6 is 11.6 Å². The van der Waals surface area contributed by atoms with Crippen molar-refractivity contribution in [2.24, 2.45) is 0 Å². The van der Waals surface area contributed by atoms with Gasteiger partial charge in [0.05, 0.1) is 10.7 Å². The van der Waals surface area contributed by atoms with Gasteiger partial charge in [-0.25, -0.2) is 0 Å². The molecule has 2 heteroatoms. The molecule has 0 atom stereocenters. The fraction of sp³-hybridized carbons (Fsp3) is 0.111. The number of halogens is 1. The number of hydrogen-bond acceptors (Lipinski definition) is 1. The van der Waals surface area contributed by atoms with E-state index in [9.17, 15) is 0 Å². The predicted molar refractivity (Wildman–Crippen MR) is 52.3 cm³/mol. The van der Waals surface area contributed by atoms with Crippen molar-refractivity contribution in [3.05, 3.63) is 42.4 Å². The van der Waals surface area contributed by atoms with Crippen LogP contribution < -0.4 is 5.32 Å². The third kappa shape index (κ3) is 3.10. The quantitative estimate of drug-likeness (QED) is 0.637. The zero-order chi connectivity index (χ0) is 8.69. The molecule has 1 N–H and O–H groups in total. The second-order valence-corrected chi connectivity index (χ2v) is 2.14. The molecule has 0 aliphatic heterocycles. The third-order valence-corrected chi connectivity index (χ3v) is 1.47. The van der Waals surface area contributed by atoms with Gasteiger partial charge in [0.2, 0.25) is 0 Å². The topological polar surface area (TPSA) is 12.0 Å². The van der Waals surface area contributed by atoms with Crippen LogP contribution in [0.1, 0.15) is 0 Å². The van der Waals surface area contributed by atoms with Gasteiger partial charge in [-0.15, -0.1) is 13.2 Å². The lowest BCUT2D eigenvalue weighted by molar-refractivity contribution is 1.51. The Morgan fingerprint density at radius 3 is 2.18 bits per heavy atom. The van der Waals surface area contributed by atoms with Gasteiger partial charge in [0, 0.05) is 7.05 Å². The maximum atomic E-state index is 5.76. The standard InChI is InChI=1S/C7H8ClN.C2H4/c1-9-7-5-3-2-4-6(7)8;1-2/h2-5,9H,1H3;1-2H2. The smallest absolute Gasteiger partial charge is 0.0637 e. The van der Waals surface area contributed by atoms with E-state index in [1.54, 1.807) is 0 Å². The minimum absolute atomic E-state index is 0.764. The summed E-state index contributed by atoms with van der Waals surface area (Å²) in [6, 6.07) is 7.64. The Labute approximate surface area is 72.7 Å². The van der Waals surface area contributed by atoms with Crippen molar-refractivity contribution < 1.29 is 0 Å². The summed E-state index contributed by atoms with van der Waals surface area (Å²) >= 11 is 5.76. The summed E-state index contributed by atoms with van der Waals surface area (Å²) in [5.74, 6) is 0. The van der Waals surface area contributed by atoms with Gasteiger partial charge >= 0.3 is 0 Å². The van der Waals surface area contributed by atoms with E-state index < -0.39 is 0 Å². The number of para-hydroxylation sites is 1. The lowest BCUT2D eigenvalue weighted by Crippen LogP contribution is -1.86. The number of anilines is 1. The Morgan fingerprint density at radius 1 is 1.27 bits per heavy atom. The van der Waals surface area contributed by atoms with Crippen LogP contribution in [0.2, 0.25) is 5.02 Å². The first-order chi connectivity index (χ1) is 5.34. The van der Waals surface area contributed by atoms with Crippen molar-refractivity contribution in [1.82, 2.24) is 0 Å². The number of nitrogens with one attached hydrogen (secondary N) is 1. The monoisotopic (exact) mass is 169 g/mol. The summed E-state index contributed by atoms with van der Waals surface area (Å²) in [6.07, 6.45) is 0. The highest BCUT2D eigenvalue weighted by atomic mass is 35.5. The largest absolute Gasteiger partial charge is 0.387 e. The van der Waals surface area contributed by atoms with Crippen LogP contribution in [0.15, 0.2) is 37.4 Å². The van der Waals surface area contributed by atoms with Gasteiger partial charge in [-0.3, -0.25) is 0 Å². The highest BCUT2D eigenvalue weighted by Crippen LogP contribution is 2.18. The van der Waals surface area contributed by atoms with E-state index in [1.807, 2.05) is 31.3 Å². The molecule has 11 heavy (non-hydrogen) atoms. The molecule has 1 nitrogen and oxygen atoms in total. The molecule has 0 fully saturated rings. The normalized spacial score (nSPS) is 7.82. The molecular weight excluding hydrogens is 158 g/mol. The molecule has 0 heterocycles. The van der Waals surface area contributed by atoms with Crippen molar-refractivity contribution in [3.8, 4) is 0 Å². The van der Waals surface area contributed by atoms with Crippen LogP contribution in [-0.2, 0) is 0 Å². The summed E-state index contributed by atoms with van der Waals surface area (Å²) in [7, 11) is 1.85. The summed E-state index contributed by atoms with van der Waals surface area (Å²) in [4.78, 5) is 0. The first kappa shape index (κ1) is 10.0. The minimum Gasteiger partial charge on any atom is -0.387 e. The van der Waals surface area contributed by atoms with E-state index in [0.29, 0.717) is 0 Å². The molecule has 0 amide bonds. The number of rotatable bonds is 1. The van der Waals surface area contributed by atoms with Crippen molar-refractivity contribution in [3.63, 3.8) is 0 Å². The molecule has 0 aliphatic carbocycles. The maximum Gasteiger partial charge on any atom is 0.0637 e. The number of hydrogen-bond donors (Lipinski definition) is 1. The minimum atomic E-state index is 0.764. The summed E-state index contributed by atoms with van der Waals surface area (Å²) in [5.41, 5.74) is 0.971. The van der Waals surface area contributed by atoms with Crippen molar-refractivity contribution in [2.45, 2.75) is 0 Å². The molecule has 0 saturated carbocycles. The van der Waals surface area contributed by atoms with Gasteiger partial charge in [0.25, 0.3) is 0 Å². The Hall–Kier alpha value is -0.950. The fourth-order valence-electron chi connectivity index (χ4n) is 0.664. The van der Waals surface area contributed by atoms with Crippen LogP contribution in [0.5, 0.6) is 0 Å². The van der Waals surface area contributed by atoms with E-state index in [1.165, 1.54) is 0 Å². The zero-order valence-corrected chi connectivity index (χ0v) is 7.36. The van der Waals surface area contributed by atoms with Crippen LogP contribution in [0.3, 0.4) is 0 Å². The molecule has 60 valence electrons. The van der Waals surface area contributed by atoms with E-state index in [0.717, 1.165) is 10.7 Å². The lowest BCUT2D eigenvalue weighted by atomic mass is 10.3. The Kier molecular flexibility index (Phi) is 5.30. The van der Waals surface area contributed by atoms with Gasteiger partial charge in [-0.2, -0.15) is 0 Å². The molecular formula is C9H12ClN. The molecule has 0 aromatic heterocycles. The third-order valence-electron chi connectivity index (χ3n) is 1.14. The van der Waals surface area contributed by atoms with Gasteiger partial charge < -0.3 is 5.32 Å². The zero-order valence-electron chi connectivity index (χ0n) is 6.60. The first-order valence-electron chi connectivity index (χ1n) is 3.27. The van der Waals surface area contributed by atoms with Crippen molar-refractivity contribution in [1.29, 1.82) is 0 Å². The molecule has 0 bridgehead atoms. The Bertz CT molecular complexity index is 210. The van der Waals surface area contributed by atoms with Crippen molar-refractivity contribution >= 4 is 17.3 Å². The first-order valence-corrected chi connectivity index (χ1v) is 3.64. The highest BCUT2D eigenvalue weighted by molar-refractivity contribution is 6.33. The molecule has 0 spiro atoms. The van der Waals surface area contributed by atoms with E-state index in [4.69, 9.17) is 11.6 Å². The number of benzene rings is 1. The molecule has 0 radical (unpaired) electrons. The predicted octanol–water partition coefficient (Wildman–Crippen LogP) is 3.18. The van der Waals surface area contributed by atoms with Gasteiger partial charge in [-0.05, 0) is 12.1 Å². The van der Waals surface area contributed by atoms with Gasteiger partial charge in [0.15, 0.2) is 0 Å². The molecule has 1 aromatic carbocycles. The summed E-state index contributed by atoms with van der Waals surface area (Å²) in [5, 5.41) is 3.73. The maximum absolute atomic E-state index is 5.76. The van der Waals surface area contributed by atoms with Crippen molar-refractivity contribution in [2.75, 3.05) is 12.4 Å². The molecule has 1 rings (SSSR count). The average Bonchev–Trinajstić information content (AvgIpc) is 2.09.